The topological polar surface area (TPSA) is 81.3 Å². The summed E-state index contributed by atoms with van der Waals surface area (Å²) in [5, 5.41) is 15.0. The van der Waals surface area contributed by atoms with E-state index in [1.54, 1.807) is 11.2 Å². The average Bonchev–Trinajstić information content (AvgIpc) is 3.31. The van der Waals surface area contributed by atoms with Gasteiger partial charge in [-0.1, -0.05) is 0 Å². The van der Waals surface area contributed by atoms with Gasteiger partial charge in [0.1, 0.15) is 5.70 Å². The first kappa shape index (κ1) is 19.5. The number of rotatable bonds is 1. The van der Waals surface area contributed by atoms with E-state index in [0.717, 1.165) is 48.8 Å². The largest absolute Gasteiger partial charge is 0.317 e. The van der Waals surface area contributed by atoms with Crippen molar-refractivity contribution in [2.45, 2.75) is 52.0 Å². The standard InChI is InChI=1S/C23H29N5O2/c1-22(2,3)27-14-17-11-23(6-8-24-9-7-23)12-19(29)20(17)28(27)21(30)15-4-5-18-16(10-15)13-25-26-18/h4-5,10,13,24H,6-9,11-12,14H2,1-3H3,(H,25,26). The van der Waals surface area contributed by atoms with Gasteiger partial charge in [0.25, 0.3) is 5.91 Å². The van der Waals surface area contributed by atoms with Crippen LogP contribution >= 0.6 is 0 Å². The predicted molar refractivity (Wildman–Crippen MR) is 115 cm³/mol. The van der Waals surface area contributed by atoms with Crippen LogP contribution in [0.15, 0.2) is 35.7 Å². The molecule has 0 bridgehead atoms. The highest BCUT2D eigenvalue weighted by Gasteiger charge is 2.49. The molecule has 0 unspecified atom stereocenters. The molecule has 30 heavy (non-hydrogen) atoms. The molecule has 1 spiro atoms. The SMILES string of the molecule is CC(C)(C)N1CC2=C(C(=O)CC3(CCNCC3)C2)N1C(=O)c1ccc2[nH]ncc2c1. The van der Waals surface area contributed by atoms with E-state index in [1.165, 1.54) is 0 Å². The van der Waals surface area contributed by atoms with Crippen molar-refractivity contribution in [3.8, 4) is 0 Å². The minimum atomic E-state index is -0.283. The van der Waals surface area contributed by atoms with Gasteiger partial charge >= 0.3 is 0 Å². The summed E-state index contributed by atoms with van der Waals surface area (Å²) in [6.45, 7) is 8.85. The van der Waals surface area contributed by atoms with E-state index in [0.29, 0.717) is 24.2 Å². The van der Waals surface area contributed by atoms with Crippen LogP contribution in [0, 0.1) is 5.41 Å². The zero-order valence-corrected chi connectivity index (χ0v) is 17.9. The number of nitrogens with one attached hydrogen (secondary N) is 2. The third-order valence-corrected chi connectivity index (χ3v) is 6.83. The van der Waals surface area contributed by atoms with E-state index in [9.17, 15) is 9.59 Å². The van der Waals surface area contributed by atoms with E-state index in [-0.39, 0.29) is 22.6 Å². The molecule has 5 rings (SSSR count). The number of hydrogen-bond acceptors (Lipinski definition) is 5. The van der Waals surface area contributed by atoms with Crippen LogP contribution in [-0.2, 0) is 4.79 Å². The summed E-state index contributed by atoms with van der Waals surface area (Å²) < 4.78 is 0. The van der Waals surface area contributed by atoms with Crippen LogP contribution in [0.3, 0.4) is 0 Å². The van der Waals surface area contributed by atoms with Crippen molar-refractivity contribution in [3.63, 3.8) is 0 Å². The molecule has 2 aliphatic heterocycles. The molecule has 2 N–H and O–H groups in total. The normalized spacial score (nSPS) is 22.2. The number of allylic oxidation sites excluding steroid dienone is 1. The maximum absolute atomic E-state index is 13.7. The number of hydrogen-bond donors (Lipinski definition) is 2. The first-order chi connectivity index (χ1) is 14.3. The van der Waals surface area contributed by atoms with Crippen molar-refractivity contribution < 1.29 is 9.59 Å². The summed E-state index contributed by atoms with van der Waals surface area (Å²) in [6.07, 6.45) is 5.21. The van der Waals surface area contributed by atoms with Gasteiger partial charge in [0.15, 0.2) is 5.78 Å². The van der Waals surface area contributed by atoms with E-state index in [1.807, 2.05) is 18.2 Å². The second-order valence-electron chi connectivity index (χ2n) is 10.00. The van der Waals surface area contributed by atoms with Crippen molar-refractivity contribution in [1.29, 1.82) is 0 Å². The van der Waals surface area contributed by atoms with Gasteiger partial charge in [0, 0.05) is 29.5 Å². The minimum absolute atomic E-state index is 0.0550. The minimum Gasteiger partial charge on any atom is -0.317 e. The fourth-order valence-electron chi connectivity index (χ4n) is 5.25. The summed E-state index contributed by atoms with van der Waals surface area (Å²) in [5.41, 5.74) is 2.98. The molecule has 0 saturated carbocycles. The van der Waals surface area contributed by atoms with E-state index < -0.39 is 0 Å². The molecular formula is C23H29N5O2. The molecule has 1 aromatic carbocycles. The van der Waals surface area contributed by atoms with Crippen molar-refractivity contribution in [2.75, 3.05) is 19.6 Å². The van der Waals surface area contributed by atoms with Crippen LogP contribution in [0.4, 0.5) is 0 Å². The number of amides is 1. The van der Waals surface area contributed by atoms with Crippen LogP contribution in [-0.4, -0.2) is 57.1 Å². The Morgan fingerprint density at radius 2 is 1.93 bits per heavy atom. The highest BCUT2D eigenvalue weighted by molar-refractivity contribution is 6.06. The van der Waals surface area contributed by atoms with Gasteiger partial charge in [-0.25, -0.2) is 10.0 Å². The van der Waals surface area contributed by atoms with E-state index in [4.69, 9.17) is 0 Å². The lowest BCUT2D eigenvalue weighted by Crippen LogP contribution is -2.52. The van der Waals surface area contributed by atoms with Gasteiger partial charge in [-0.3, -0.25) is 14.7 Å². The molecule has 1 fully saturated rings. The number of Topliss-reactive ketones (excluding diaryl/α,β-unsaturated/α-hetero) is 1. The van der Waals surface area contributed by atoms with Crippen molar-refractivity contribution >= 4 is 22.6 Å². The lowest BCUT2D eigenvalue weighted by molar-refractivity contribution is -0.122. The fraction of sp³-hybridized carbons (Fsp3) is 0.522. The number of carbonyl (C=O) groups is 2. The monoisotopic (exact) mass is 407 g/mol. The number of benzene rings is 1. The number of aromatic nitrogens is 2. The second-order valence-corrected chi connectivity index (χ2v) is 10.00. The lowest BCUT2D eigenvalue weighted by Gasteiger charge is -2.41. The number of H-pyrrole nitrogens is 1. The van der Waals surface area contributed by atoms with Crippen LogP contribution in [0.1, 0.15) is 56.8 Å². The Balaban J connectivity index is 1.55. The molecule has 0 atom stereocenters. The molecule has 2 aromatic rings. The van der Waals surface area contributed by atoms with Gasteiger partial charge < -0.3 is 5.32 Å². The third-order valence-electron chi connectivity index (χ3n) is 6.83. The van der Waals surface area contributed by atoms with E-state index in [2.05, 4.69) is 41.3 Å². The number of fused-ring (bicyclic) bond motifs is 1. The van der Waals surface area contributed by atoms with Crippen molar-refractivity contribution in [1.82, 2.24) is 25.5 Å². The highest BCUT2D eigenvalue weighted by Crippen LogP contribution is 2.48. The fourth-order valence-corrected chi connectivity index (χ4v) is 5.25. The summed E-state index contributed by atoms with van der Waals surface area (Å²) in [5.74, 6) is -0.0322. The molecule has 158 valence electrons. The maximum Gasteiger partial charge on any atom is 0.273 e. The molecule has 7 heteroatoms. The molecule has 1 saturated heterocycles. The zero-order valence-electron chi connectivity index (χ0n) is 17.9. The van der Waals surface area contributed by atoms with Gasteiger partial charge in [-0.2, -0.15) is 5.10 Å². The Morgan fingerprint density at radius 1 is 1.17 bits per heavy atom. The maximum atomic E-state index is 13.7. The Morgan fingerprint density at radius 3 is 2.67 bits per heavy atom. The second kappa shape index (κ2) is 6.75. The van der Waals surface area contributed by atoms with Gasteiger partial charge in [0.05, 0.1) is 11.7 Å². The average molecular weight is 408 g/mol. The smallest absolute Gasteiger partial charge is 0.273 e. The summed E-state index contributed by atoms with van der Waals surface area (Å²) >= 11 is 0. The molecule has 1 amide bonds. The van der Waals surface area contributed by atoms with Gasteiger partial charge in [0.2, 0.25) is 0 Å². The number of ketones is 1. The quantitative estimate of drug-likeness (QED) is 0.760. The Kier molecular flexibility index (Phi) is 4.38. The van der Waals surface area contributed by atoms with Gasteiger partial charge in [-0.15, -0.1) is 0 Å². The van der Waals surface area contributed by atoms with Crippen LogP contribution in [0.2, 0.25) is 0 Å². The number of piperidine rings is 1. The summed E-state index contributed by atoms with van der Waals surface area (Å²) in [7, 11) is 0. The Hall–Kier alpha value is -2.51. The summed E-state index contributed by atoms with van der Waals surface area (Å²) in [4.78, 5) is 27.1. The molecule has 0 radical (unpaired) electrons. The van der Waals surface area contributed by atoms with Crippen LogP contribution in [0.25, 0.3) is 10.9 Å². The van der Waals surface area contributed by atoms with Crippen LogP contribution < -0.4 is 5.32 Å². The lowest BCUT2D eigenvalue weighted by atomic mass is 9.67. The Bertz CT molecular complexity index is 1050. The first-order valence-corrected chi connectivity index (χ1v) is 10.8. The molecule has 7 nitrogen and oxygen atoms in total. The molecule has 1 aromatic heterocycles. The van der Waals surface area contributed by atoms with Crippen LogP contribution in [0.5, 0.6) is 0 Å². The van der Waals surface area contributed by atoms with Crippen molar-refractivity contribution in [3.05, 3.63) is 41.2 Å². The Labute approximate surface area is 176 Å². The number of nitrogens with zero attached hydrogens (tertiary/aromatic N) is 3. The number of aromatic amines is 1. The molecular weight excluding hydrogens is 378 g/mol. The molecule has 3 aliphatic rings. The third kappa shape index (κ3) is 3.08. The van der Waals surface area contributed by atoms with Gasteiger partial charge in [-0.05, 0) is 82.3 Å². The molecule has 3 heterocycles. The zero-order chi connectivity index (χ0) is 21.1. The number of carbonyl (C=O) groups excluding carboxylic acids is 2. The number of hydrazine groups is 1. The van der Waals surface area contributed by atoms with E-state index >= 15 is 0 Å². The van der Waals surface area contributed by atoms with Crippen molar-refractivity contribution in [2.24, 2.45) is 5.41 Å². The summed E-state index contributed by atoms with van der Waals surface area (Å²) in [6, 6.07) is 5.53. The first-order valence-electron chi connectivity index (χ1n) is 10.8. The predicted octanol–water partition coefficient (Wildman–Crippen LogP) is 3.02. The molecule has 1 aliphatic carbocycles. The highest BCUT2D eigenvalue weighted by atomic mass is 16.2.